The van der Waals surface area contributed by atoms with Crippen LogP contribution in [0.1, 0.15) is 6.42 Å². The molecule has 8 heteroatoms. The second-order valence-electron chi connectivity index (χ2n) is 4.01. The number of nitrogens with two attached hydrogens (primary N) is 1. The minimum absolute atomic E-state index is 0.132. The average molecular weight is 305 g/mol. The molecule has 0 heterocycles. The Kier molecular flexibility index (Phi) is 5.77. The van der Waals surface area contributed by atoms with Gasteiger partial charge in [-0.3, -0.25) is 4.21 Å². The van der Waals surface area contributed by atoms with Crippen molar-refractivity contribution in [1.29, 1.82) is 0 Å². The molecule has 0 saturated heterocycles. The summed E-state index contributed by atoms with van der Waals surface area (Å²) in [4.78, 5) is 0.132. The number of benzene rings is 1. The number of hydrogen-bond acceptors (Lipinski definition) is 5. The van der Waals surface area contributed by atoms with Crippen LogP contribution in [-0.2, 0) is 20.8 Å². The van der Waals surface area contributed by atoms with Gasteiger partial charge in [0.2, 0.25) is 10.0 Å². The van der Waals surface area contributed by atoms with Gasteiger partial charge < -0.3 is 11.1 Å². The molecule has 0 saturated carbocycles. The van der Waals surface area contributed by atoms with E-state index in [1.165, 1.54) is 19.2 Å². The fraction of sp³-hybridized carbons (Fsp3) is 0.455. The molecule has 0 spiro atoms. The lowest BCUT2D eigenvalue weighted by Gasteiger charge is -2.10. The molecule has 108 valence electrons. The van der Waals surface area contributed by atoms with Gasteiger partial charge in [0.1, 0.15) is 0 Å². The molecular formula is C11H19N3O3S2. The van der Waals surface area contributed by atoms with Crippen LogP contribution in [0.5, 0.6) is 0 Å². The van der Waals surface area contributed by atoms with Gasteiger partial charge in [-0.05, 0) is 31.7 Å². The van der Waals surface area contributed by atoms with Crippen LogP contribution in [0.3, 0.4) is 0 Å². The van der Waals surface area contributed by atoms with E-state index in [2.05, 4.69) is 10.0 Å². The SMILES string of the molecule is CNS(=O)(=O)c1ccc(NCCCS(C)=O)c(N)c1. The molecule has 0 bridgehead atoms. The lowest BCUT2D eigenvalue weighted by molar-refractivity contribution is 0.588. The summed E-state index contributed by atoms with van der Waals surface area (Å²) in [7, 11) is -2.93. The van der Waals surface area contributed by atoms with Crippen LogP contribution in [0.4, 0.5) is 11.4 Å². The zero-order chi connectivity index (χ0) is 14.5. The number of anilines is 2. The zero-order valence-electron chi connectivity index (χ0n) is 11.0. The topological polar surface area (TPSA) is 101 Å². The summed E-state index contributed by atoms with van der Waals surface area (Å²) in [5.41, 5.74) is 6.85. The van der Waals surface area contributed by atoms with Crippen LogP contribution in [-0.4, -0.2) is 38.2 Å². The van der Waals surface area contributed by atoms with Gasteiger partial charge in [0.05, 0.1) is 16.3 Å². The second-order valence-corrected chi connectivity index (χ2v) is 7.46. The first kappa shape index (κ1) is 15.9. The maximum absolute atomic E-state index is 11.6. The number of nitrogens with one attached hydrogen (secondary N) is 2. The molecule has 0 fully saturated rings. The number of rotatable bonds is 7. The van der Waals surface area contributed by atoms with E-state index in [0.717, 1.165) is 6.42 Å². The quantitative estimate of drug-likeness (QED) is 0.499. The Hall–Kier alpha value is -1.12. The van der Waals surface area contributed by atoms with Crippen LogP contribution < -0.4 is 15.8 Å². The van der Waals surface area contributed by atoms with Crippen LogP contribution >= 0.6 is 0 Å². The molecule has 1 rings (SSSR count). The fourth-order valence-electron chi connectivity index (χ4n) is 1.49. The lowest BCUT2D eigenvalue weighted by Crippen LogP contribution is -2.19. The summed E-state index contributed by atoms with van der Waals surface area (Å²) in [5.74, 6) is 0.624. The van der Waals surface area contributed by atoms with Gasteiger partial charge in [0.25, 0.3) is 0 Å². The number of nitrogen functional groups attached to an aromatic ring is 1. The highest BCUT2D eigenvalue weighted by atomic mass is 32.2. The largest absolute Gasteiger partial charge is 0.397 e. The summed E-state index contributed by atoms with van der Waals surface area (Å²) >= 11 is 0. The lowest BCUT2D eigenvalue weighted by atomic mass is 10.2. The smallest absolute Gasteiger partial charge is 0.240 e. The van der Waals surface area contributed by atoms with Crippen molar-refractivity contribution in [2.75, 3.05) is 36.7 Å². The summed E-state index contributed by atoms with van der Waals surface area (Å²) in [6, 6.07) is 4.52. The first-order chi connectivity index (χ1) is 8.86. The first-order valence-corrected chi connectivity index (χ1v) is 8.95. The van der Waals surface area contributed by atoms with Crippen molar-refractivity contribution in [2.24, 2.45) is 0 Å². The summed E-state index contributed by atoms with van der Waals surface area (Å²) in [6.07, 6.45) is 2.42. The van der Waals surface area contributed by atoms with Crippen molar-refractivity contribution in [1.82, 2.24) is 4.72 Å². The van der Waals surface area contributed by atoms with Crippen molar-refractivity contribution in [3.8, 4) is 0 Å². The Bertz CT molecular complexity index is 558. The molecule has 6 nitrogen and oxygen atoms in total. The highest BCUT2D eigenvalue weighted by Crippen LogP contribution is 2.22. The van der Waals surface area contributed by atoms with Crippen LogP contribution in [0, 0.1) is 0 Å². The fourth-order valence-corrected chi connectivity index (χ4v) is 2.80. The van der Waals surface area contributed by atoms with Crippen molar-refractivity contribution in [2.45, 2.75) is 11.3 Å². The number of sulfonamides is 1. The van der Waals surface area contributed by atoms with E-state index in [-0.39, 0.29) is 4.90 Å². The van der Waals surface area contributed by atoms with E-state index >= 15 is 0 Å². The third-order valence-corrected chi connectivity index (χ3v) is 4.80. The standard InChI is InChI=1S/C11H19N3O3S2/c1-13-19(16,17)9-4-5-11(10(12)8-9)14-6-3-7-18(2)15/h4-5,8,13-14H,3,6-7,12H2,1-2H3. The molecule has 0 amide bonds. The Morgan fingerprint density at radius 1 is 1.37 bits per heavy atom. The third kappa shape index (κ3) is 4.81. The van der Waals surface area contributed by atoms with Gasteiger partial charge >= 0.3 is 0 Å². The van der Waals surface area contributed by atoms with Gasteiger partial charge in [-0.2, -0.15) is 0 Å². The Morgan fingerprint density at radius 3 is 2.58 bits per heavy atom. The monoisotopic (exact) mass is 305 g/mol. The van der Waals surface area contributed by atoms with Crippen LogP contribution in [0.15, 0.2) is 23.1 Å². The van der Waals surface area contributed by atoms with Crippen molar-refractivity contribution in [3.05, 3.63) is 18.2 Å². The molecule has 19 heavy (non-hydrogen) atoms. The van der Waals surface area contributed by atoms with E-state index in [0.29, 0.717) is 23.7 Å². The molecule has 0 aliphatic heterocycles. The van der Waals surface area contributed by atoms with E-state index in [1.807, 2.05) is 0 Å². The minimum Gasteiger partial charge on any atom is -0.397 e. The summed E-state index contributed by atoms with van der Waals surface area (Å²) in [5, 5.41) is 3.09. The average Bonchev–Trinajstić information content (AvgIpc) is 2.35. The molecule has 1 aromatic carbocycles. The maximum Gasteiger partial charge on any atom is 0.240 e. The van der Waals surface area contributed by atoms with Crippen LogP contribution in [0.2, 0.25) is 0 Å². The Morgan fingerprint density at radius 2 is 2.05 bits per heavy atom. The van der Waals surface area contributed by atoms with Gasteiger partial charge in [-0.25, -0.2) is 13.1 Å². The van der Waals surface area contributed by atoms with Gasteiger partial charge in [0.15, 0.2) is 0 Å². The Balaban J connectivity index is 2.70. The van der Waals surface area contributed by atoms with E-state index < -0.39 is 20.8 Å². The summed E-state index contributed by atoms with van der Waals surface area (Å²) < 4.78 is 36.3. The normalized spacial score (nSPS) is 13.2. The minimum atomic E-state index is -3.47. The van der Waals surface area contributed by atoms with Crippen molar-refractivity contribution in [3.63, 3.8) is 0 Å². The zero-order valence-corrected chi connectivity index (χ0v) is 12.6. The number of hydrogen-bond donors (Lipinski definition) is 3. The van der Waals surface area contributed by atoms with Crippen molar-refractivity contribution < 1.29 is 12.6 Å². The molecule has 1 aromatic rings. The van der Waals surface area contributed by atoms with Crippen LogP contribution in [0.25, 0.3) is 0 Å². The van der Waals surface area contributed by atoms with Crippen molar-refractivity contribution >= 4 is 32.2 Å². The highest BCUT2D eigenvalue weighted by Gasteiger charge is 2.12. The molecule has 0 aromatic heterocycles. The molecule has 1 unspecified atom stereocenters. The highest BCUT2D eigenvalue weighted by molar-refractivity contribution is 7.89. The molecule has 1 atom stereocenters. The van der Waals surface area contributed by atoms with Gasteiger partial charge in [-0.15, -0.1) is 0 Å². The molecule has 0 aliphatic carbocycles. The van der Waals surface area contributed by atoms with E-state index in [4.69, 9.17) is 5.73 Å². The molecule has 0 radical (unpaired) electrons. The van der Waals surface area contributed by atoms with E-state index in [1.54, 1.807) is 12.3 Å². The second kappa shape index (κ2) is 6.88. The predicted octanol–water partition coefficient (Wildman–Crippen LogP) is 0.357. The van der Waals surface area contributed by atoms with E-state index in [9.17, 15) is 12.6 Å². The molecule has 0 aliphatic rings. The predicted molar refractivity (Wildman–Crippen MR) is 79.1 cm³/mol. The Labute approximate surface area is 116 Å². The molecule has 4 N–H and O–H groups in total. The van der Waals surface area contributed by atoms with Gasteiger partial charge in [-0.1, -0.05) is 0 Å². The first-order valence-electron chi connectivity index (χ1n) is 5.74. The summed E-state index contributed by atoms with van der Waals surface area (Å²) in [6.45, 7) is 0.641. The molecular weight excluding hydrogens is 286 g/mol. The third-order valence-electron chi connectivity index (χ3n) is 2.53. The maximum atomic E-state index is 11.6. The van der Waals surface area contributed by atoms with Gasteiger partial charge in [0, 0.05) is 29.4 Å².